The normalized spacial score (nSPS) is 11.3. The summed E-state index contributed by atoms with van der Waals surface area (Å²) < 4.78 is 36.8. The highest BCUT2D eigenvalue weighted by Crippen LogP contribution is 2.33. The van der Waals surface area contributed by atoms with Crippen LogP contribution in [0.15, 0.2) is 57.9 Å². The summed E-state index contributed by atoms with van der Waals surface area (Å²) in [5.74, 6) is 0.613. The van der Waals surface area contributed by atoms with E-state index in [0.717, 1.165) is 6.26 Å². The van der Waals surface area contributed by atoms with Crippen LogP contribution >= 0.6 is 0 Å². The molecule has 2 aromatic carbocycles. The van der Waals surface area contributed by atoms with Crippen LogP contribution in [0.3, 0.4) is 0 Å². The average molecular weight is 373 g/mol. The van der Waals surface area contributed by atoms with E-state index in [1.165, 1.54) is 18.4 Å². The average Bonchev–Trinajstić information content (AvgIpc) is 2.58. The molecule has 0 amide bonds. The zero-order chi connectivity index (χ0) is 18.7. The maximum Gasteiger partial charge on any atom is 0.229 e. The van der Waals surface area contributed by atoms with Gasteiger partial charge in [-0.2, -0.15) is 0 Å². The summed E-state index contributed by atoms with van der Waals surface area (Å²) in [6.45, 7) is 0. The van der Waals surface area contributed by atoms with E-state index >= 15 is 0 Å². The van der Waals surface area contributed by atoms with Gasteiger partial charge in [-0.25, -0.2) is 8.42 Å². The Kier molecular flexibility index (Phi) is 4.77. The molecule has 0 saturated carbocycles. The van der Waals surface area contributed by atoms with E-state index in [2.05, 4.69) is 4.72 Å². The number of rotatable bonds is 6. The van der Waals surface area contributed by atoms with Crippen LogP contribution in [0.4, 0.5) is 5.69 Å². The van der Waals surface area contributed by atoms with E-state index in [-0.39, 0.29) is 39.8 Å². The Morgan fingerprint density at radius 3 is 2.58 bits per heavy atom. The van der Waals surface area contributed by atoms with Crippen molar-refractivity contribution in [3.05, 3.63) is 64.5 Å². The molecular weight excluding hydrogens is 358 g/mol. The molecule has 134 valence electrons. The first-order chi connectivity index (χ1) is 12.4. The lowest BCUT2D eigenvalue weighted by Gasteiger charge is -2.13. The molecule has 0 aliphatic carbocycles. The molecule has 0 atom stereocenters. The predicted octanol–water partition coefficient (Wildman–Crippen LogP) is 2.70. The van der Waals surface area contributed by atoms with Gasteiger partial charge in [-0.05, 0) is 18.2 Å². The van der Waals surface area contributed by atoms with E-state index < -0.39 is 10.0 Å². The minimum atomic E-state index is -3.58. The number of ether oxygens (including phenoxy) is 1. The Hall–Kier alpha value is -3.13. The van der Waals surface area contributed by atoms with Crippen molar-refractivity contribution in [2.45, 2.75) is 6.42 Å². The third kappa shape index (κ3) is 3.92. The van der Waals surface area contributed by atoms with Crippen molar-refractivity contribution in [1.29, 1.82) is 0 Å². The van der Waals surface area contributed by atoms with E-state index in [0.29, 0.717) is 12.0 Å². The minimum Gasteiger partial charge on any atom is -0.464 e. The molecule has 3 aromatic rings. The first-order valence-electron chi connectivity index (χ1n) is 7.60. The third-order valence-electron chi connectivity index (χ3n) is 3.52. The molecular formula is C18H15NO6S. The SMILES string of the molecule is CS(=O)(=O)Nc1cc2occ(CC=O)c(=O)c2cc1Oc1ccccc1. The monoisotopic (exact) mass is 373 g/mol. The predicted molar refractivity (Wildman–Crippen MR) is 97.2 cm³/mol. The molecule has 26 heavy (non-hydrogen) atoms. The maximum absolute atomic E-state index is 12.5. The summed E-state index contributed by atoms with van der Waals surface area (Å²) in [6.07, 6.45) is 2.74. The Labute approximate surface area is 149 Å². The lowest BCUT2D eigenvalue weighted by molar-refractivity contribution is -0.107. The Bertz CT molecular complexity index is 1120. The van der Waals surface area contributed by atoms with Crippen molar-refractivity contribution >= 4 is 33.0 Å². The molecule has 8 heteroatoms. The highest BCUT2D eigenvalue weighted by atomic mass is 32.2. The molecule has 1 N–H and O–H groups in total. The fraction of sp³-hybridized carbons (Fsp3) is 0.111. The molecule has 0 fully saturated rings. The van der Waals surface area contributed by atoms with Gasteiger partial charge < -0.3 is 13.9 Å². The molecule has 1 aromatic heterocycles. The number of hydrogen-bond donors (Lipinski definition) is 1. The minimum absolute atomic E-state index is 0.0729. The van der Waals surface area contributed by atoms with Gasteiger partial charge in [0.25, 0.3) is 0 Å². The Morgan fingerprint density at radius 1 is 1.19 bits per heavy atom. The highest BCUT2D eigenvalue weighted by molar-refractivity contribution is 7.92. The standard InChI is InChI=1S/C18H15NO6S/c1-26(22,23)19-15-10-16-14(18(21)12(7-8-20)11-24-16)9-17(15)25-13-5-3-2-4-6-13/h2-6,8-11,19H,7H2,1H3. The van der Waals surface area contributed by atoms with Crippen molar-refractivity contribution in [3.8, 4) is 11.5 Å². The van der Waals surface area contributed by atoms with Gasteiger partial charge >= 0.3 is 0 Å². The second-order valence-corrected chi connectivity index (χ2v) is 7.34. The number of fused-ring (bicyclic) bond motifs is 1. The Morgan fingerprint density at radius 2 is 1.92 bits per heavy atom. The number of para-hydroxylation sites is 1. The van der Waals surface area contributed by atoms with Crippen molar-refractivity contribution in [1.82, 2.24) is 0 Å². The van der Waals surface area contributed by atoms with Crippen molar-refractivity contribution in [3.63, 3.8) is 0 Å². The van der Waals surface area contributed by atoms with E-state index in [9.17, 15) is 18.0 Å². The van der Waals surface area contributed by atoms with Gasteiger partial charge in [0.15, 0.2) is 11.2 Å². The molecule has 1 heterocycles. The van der Waals surface area contributed by atoms with Crippen LogP contribution in [0.1, 0.15) is 5.56 Å². The number of anilines is 1. The van der Waals surface area contributed by atoms with Gasteiger partial charge in [0.05, 0.1) is 23.6 Å². The van der Waals surface area contributed by atoms with Gasteiger partial charge in [0, 0.05) is 18.1 Å². The third-order valence-corrected chi connectivity index (χ3v) is 4.11. The first-order valence-corrected chi connectivity index (χ1v) is 9.49. The van der Waals surface area contributed by atoms with Gasteiger partial charge in [-0.3, -0.25) is 9.52 Å². The van der Waals surface area contributed by atoms with Crippen LogP contribution in [0.5, 0.6) is 11.5 Å². The lowest BCUT2D eigenvalue weighted by Crippen LogP contribution is -2.12. The number of nitrogens with one attached hydrogen (secondary N) is 1. The van der Waals surface area contributed by atoms with Crippen molar-refractivity contribution in [2.24, 2.45) is 0 Å². The first kappa shape index (κ1) is 17.7. The van der Waals surface area contributed by atoms with Crippen LogP contribution in [-0.4, -0.2) is 21.0 Å². The number of benzene rings is 2. The molecule has 3 rings (SSSR count). The van der Waals surface area contributed by atoms with Gasteiger partial charge in [-0.15, -0.1) is 0 Å². The van der Waals surface area contributed by atoms with Crippen LogP contribution in [0.2, 0.25) is 0 Å². The number of carbonyl (C=O) groups is 1. The number of hydrogen-bond acceptors (Lipinski definition) is 6. The number of carbonyl (C=O) groups excluding carboxylic acids is 1. The smallest absolute Gasteiger partial charge is 0.229 e. The zero-order valence-electron chi connectivity index (χ0n) is 13.8. The second kappa shape index (κ2) is 7.01. The van der Waals surface area contributed by atoms with Gasteiger partial charge in [0.2, 0.25) is 10.0 Å². The summed E-state index contributed by atoms with van der Waals surface area (Å²) in [5.41, 5.74) is 0.149. The summed E-state index contributed by atoms with van der Waals surface area (Å²) in [7, 11) is -3.58. The van der Waals surface area contributed by atoms with Crippen LogP contribution in [0, 0.1) is 0 Å². The molecule has 7 nitrogen and oxygen atoms in total. The van der Waals surface area contributed by atoms with E-state index in [1.54, 1.807) is 24.3 Å². The van der Waals surface area contributed by atoms with Crippen LogP contribution in [-0.2, 0) is 21.2 Å². The molecule has 0 saturated heterocycles. The molecule has 0 radical (unpaired) electrons. The summed E-state index contributed by atoms with van der Waals surface area (Å²) in [6, 6.07) is 11.5. The maximum atomic E-state index is 12.5. The fourth-order valence-electron chi connectivity index (χ4n) is 2.41. The topological polar surface area (TPSA) is 103 Å². The number of sulfonamides is 1. The molecule has 0 aliphatic rings. The second-order valence-electron chi connectivity index (χ2n) is 5.59. The van der Waals surface area contributed by atoms with Crippen molar-refractivity contribution < 1.29 is 22.4 Å². The summed E-state index contributed by atoms with van der Waals surface area (Å²) >= 11 is 0. The zero-order valence-corrected chi connectivity index (χ0v) is 14.6. The quantitative estimate of drug-likeness (QED) is 0.667. The molecule has 0 bridgehead atoms. The summed E-state index contributed by atoms with van der Waals surface area (Å²) in [5, 5.41) is 0.189. The molecule has 0 aliphatic heterocycles. The fourth-order valence-corrected chi connectivity index (χ4v) is 2.97. The summed E-state index contributed by atoms with van der Waals surface area (Å²) in [4.78, 5) is 23.2. The van der Waals surface area contributed by atoms with Crippen LogP contribution in [0.25, 0.3) is 11.0 Å². The van der Waals surface area contributed by atoms with Crippen molar-refractivity contribution in [2.75, 3.05) is 11.0 Å². The highest BCUT2D eigenvalue weighted by Gasteiger charge is 2.15. The van der Waals surface area contributed by atoms with E-state index in [4.69, 9.17) is 9.15 Å². The molecule has 0 unspecified atom stereocenters. The largest absolute Gasteiger partial charge is 0.464 e. The Balaban J connectivity index is 2.19. The number of aldehydes is 1. The van der Waals surface area contributed by atoms with Crippen LogP contribution < -0.4 is 14.9 Å². The lowest BCUT2D eigenvalue weighted by atomic mass is 10.1. The van der Waals surface area contributed by atoms with E-state index in [1.807, 2.05) is 6.07 Å². The van der Waals surface area contributed by atoms with Gasteiger partial charge in [-0.1, -0.05) is 18.2 Å². The molecule has 0 spiro atoms. The van der Waals surface area contributed by atoms with Gasteiger partial charge in [0.1, 0.15) is 17.6 Å².